The van der Waals surface area contributed by atoms with Gasteiger partial charge in [0.2, 0.25) is 0 Å². The minimum atomic E-state index is -0.115. The molecule has 21 heavy (non-hydrogen) atoms. The minimum absolute atomic E-state index is 0.0853. The van der Waals surface area contributed by atoms with Crippen LogP contribution in [0.5, 0.6) is 0 Å². The summed E-state index contributed by atoms with van der Waals surface area (Å²) in [6.45, 7) is 0.731. The molecule has 7 nitrogen and oxygen atoms in total. The van der Waals surface area contributed by atoms with Gasteiger partial charge in [-0.05, 0) is 12.8 Å². The molecule has 1 fully saturated rings. The molecule has 1 aliphatic rings. The van der Waals surface area contributed by atoms with Crippen molar-refractivity contribution >= 4 is 5.82 Å². The molecule has 0 radical (unpaired) electrons. The SMILES string of the molecule is Cn1ccnc1[C@H]1OCCC[C@@H]1Nc1cnc(C#N)cn1. The lowest BCUT2D eigenvalue weighted by molar-refractivity contribution is -0.00136. The van der Waals surface area contributed by atoms with E-state index in [-0.39, 0.29) is 12.1 Å². The van der Waals surface area contributed by atoms with Crippen molar-refractivity contribution < 1.29 is 4.74 Å². The van der Waals surface area contributed by atoms with Crippen molar-refractivity contribution in [3.63, 3.8) is 0 Å². The normalized spacial score (nSPS) is 21.7. The first kappa shape index (κ1) is 13.5. The monoisotopic (exact) mass is 284 g/mol. The summed E-state index contributed by atoms with van der Waals surface area (Å²) in [6.07, 6.45) is 8.56. The maximum Gasteiger partial charge on any atom is 0.158 e. The molecular formula is C14H16N6O. The van der Waals surface area contributed by atoms with Crippen LogP contribution in [0.4, 0.5) is 5.82 Å². The van der Waals surface area contributed by atoms with Gasteiger partial charge in [0, 0.05) is 26.0 Å². The van der Waals surface area contributed by atoms with E-state index in [1.807, 2.05) is 23.9 Å². The van der Waals surface area contributed by atoms with Gasteiger partial charge in [0.05, 0.1) is 18.4 Å². The highest BCUT2D eigenvalue weighted by atomic mass is 16.5. The van der Waals surface area contributed by atoms with Gasteiger partial charge < -0.3 is 14.6 Å². The average molecular weight is 284 g/mol. The lowest BCUT2D eigenvalue weighted by atomic mass is 10.0. The lowest BCUT2D eigenvalue weighted by Crippen LogP contribution is -2.35. The average Bonchev–Trinajstić information content (AvgIpc) is 2.95. The van der Waals surface area contributed by atoms with Crippen molar-refractivity contribution in [3.8, 4) is 6.07 Å². The molecule has 2 aromatic heterocycles. The zero-order valence-electron chi connectivity index (χ0n) is 11.7. The largest absolute Gasteiger partial charge is 0.368 e. The highest BCUT2D eigenvalue weighted by Crippen LogP contribution is 2.29. The fourth-order valence-electron chi connectivity index (χ4n) is 2.48. The first-order valence-corrected chi connectivity index (χ1v) is 6.85. The molecule has 2 aromatic rings. The molecule has 0 aliphatic carbocycles. The molecule has 3 heterocycles. The molecule has 0 aromatic carbocycles. The van der Waals surface area contributed by atoms with Gasteiger partial charge in [-0.1, -0.05) is 0 Å². The number of nitrogens with one attached hydrogen (secondary N) is 1. The van der Waals surface area contributed by atoms with Crippen molar-refractivity contribution in [2.75, 3.05) is 11.9 Å². The summed E-state index contributed by atoms with van der Waals surface area (Å²) in [6, 6.07) is 2.04. The number of rotatable bonds is 3. The van der Waals surface area contributed by atoms with Gasteiger partial charge in [0.15, 0.2) is 5.69 Å². The Hall–Kier alpha value is -2.46. The van der Waals surface area contributed by atoms with Gasteiger partial charge in [-0.25, -0.2) is 15.0 Å². The van der Waals surface area contributed by atoms with Crippen LogP contribution in [0.25, 0.3) is 0 Å². The number of anilines is 1. The first-order valence-electron chi connectivity index (χ1n) is 6.85. The maximum absolute atomic E-state index is 8.74. The molecule has 1 N–H and O–H groups in total. The fourth-order valence-corrected chi connectivity index (χ4v) is 2.48. The fraction of sp³-hybridized carbons (Fsp3) is 0.429. The van der Waals surface area contributed by atoms with Crippen LogP contribution >= 0.6 is 0 Å². The van der Waals surface area contributed by atoms with Gasteiger partial charge in [0.25, 0.3) is 0 Å². The van der Waals surface area contributed by atoms with Gasteiger partial charge >= 0.3 is 0 Å². The third-order valence-corrected chi connectivity index (χ3v) is 3.53. The summed E-state index contributed by atoms with van der Waals surface area (Å²) < 4.78 is 7.85. The van der Waals surface area contributed by atoms with E-state index in [4.69, 9.17) is 10.00 Å². The molecule has 1 aliphatic heterocycles. The number of nitrogens with zero attached hydrogens (tertiary/aromatic N) is 5. The number of hydrogen-bond donors (Lipinski definition) is 1. The van der Waals surface area contributed by atoms with Crippen LogP contribution in [0.3, 0.4) is 0 Å². The van der Waals surface area contributed by atoms with Crippen molar-refractivity contribution in [2.24, 2.45) is 7.05 Å². The van der Waals surface area contributed by atoms with E-state index in [1.54, 1.807) is 12.4 Å². The highest BCUT2D eigenvalue weighted by molar-refractivity contribution is 5.35. The Kier molecular flexibility index (Phi) is 3.79. The second-order valence-corrected chi connectivity index (χ2v) is 4.98. The molecule has 0 amide bonds. The molecular weight excluding hydrogens is 268 g/mol. The molecule has 0 unspecified atom stereocenters. The van der Waals surface area contributed by atoms with Crippen molar-refractivity contribution in [3.05, 3.63) is 36.3 Å². The first-order chi connectivity index (χ1) is 10.3. The number of imidazole rings is 1. The van der Waals surface area contributed by atoms with Crippen LogP contribution in [0.2, 0.25) is 0 Å². The summed E-state index contributed by atoms with van der Waals surface area (Å²) in [7, 11) is 1.96. The summed E-state index contributed by atoms with van der Waals surface area (Å²) in [4.78, 5) is 12.6. The summed E-state index contributed by atoms with van der Waals surface area (Å²) in [5, 5.41) is 12.1. The van der Waals surface area contributed by atoms with Crippen LogP contribution in [-0.2, 0) is 11.8 Å². The third-order valence-electron chi connectivity index (χ3n) is 3.53. The minimum Gasteiger partial charge on any atom is -0.368 e. The molecule has 3 rings (SSSR count). The highest BCUT2D eigenvalue weighted by Gasteiger charge is 2.30. The number of aryl methyl sites for hydroxylation is 1. The van der Waals surface area contributed by atoms with Gasteiger partial charge in [-0.15, -0.1) is 0 Å². The van der Waals surface area contributed by atoms with E-state index in [1.165, 1.54) is 6.20 Å². The number of ether oxygens (including phenoxy) is 1. The molecule has 2 atom stereocenters. The zero-order chi connectivity index (χ0) is 14.7. The number of nitriles is 1. The van der Waals surface area contributed by atoms with Crippen LogP contribution in [0.1, 0.15) is 30.5 Å². The Bertz CT molecular complexity index is 644. The molecule has 1 saturated heterocycles. The molecule has 0 bridgehead atoms. The predicted octanol–water partition coefficient (Wildman–Crippen LogP) is 1.41. The second-order valence-electron chi connectivity index (χ2n) is 4.98. The molecule has 7 heteroatoms. The lowest BCUT2D eigenvalue weighted by Gasteiger charge is -2.32. The predicted molar refractivity (Wildman–Crippen MR) is 75.3 cm³/mol. The topological polar surface area (TPSA) is 88.6 Å². The Morgan fingerprint density at radius 2 is 2.29 bits per heavy atom. The standard InChI is InChI=1S/C14H16N6O/c1-20-5-4-16-14(20)13-11(3-2-6-21-13)19-12-9-17-10(7-15)8-18-12/h4-5,8-9,11,13H,2-3,6H2,1H3,(H,18,19)/t11-,13-/m0/s1. The van der Waals surface area contributed by atoms with E-state index in [0.29, 0.717) is 11.5 Å². The molecule has 0 spiro atoms. The Balaban J connectivity index is 1.78. The van der Waals surface area contributed by atoms with E-state index in [0.717, 1.165) is 25.3 Å². The second kappa shape index (κ2) is 5.89. The van der Waals surface area contributed by atoms with Gasteiger partial charge in [0.1, 0.15) is 23.8 Å². The van der Waals surface area contributed by atoms with Gasteiger partial charge in [-0.3, -0.25) is 0 Å². The van der Waals surface area contributed by atoms with Gasteiger partial charge in [-0.2, -0.15) is 5.26 Å². The summed E-state index contributed by atoms with van der Waals surface area (Å²) >= 11 is 0. The number of hydrogen-bond acceptors (Lipinski definition) is 6. The summed E-state index contributed by atoms with van der Waals surface area (Å²) in [5.74, 6) is 1.54. The van der Waals surface area contributed by atoms with Crippen LogP contribution in [-0.4, -0.2) is 32.2 Å². The van der Waals surface area contributed by atoms with E-state index >= 15 is 0 Å². The summed E-state index contributed by atoms with van der Waals surface area (Å²) in [5.41, 5.74) is 0.307. The van der Waals surface area contributed by atoms with Crippen LogP contribution in [0, 0.1) is 11.3 Å². The van der Waals surface area contributed by atoms with Crippen molar-refractivity contribution in [1.82, 2.24) is 19.5 Å². The van der Waals surface area contributed by atoms with E-state index in [2.05, 4.69) is 20.3 Å². The Labute approximate surface area is 122 Å². The maximum atomic E-state index is 8.74. The molecule has 108 valence electrons. The Morgan fingerprint density at radius 1 is 1.38 bits per heavy atom. The van der Waals surface area contributed by atoms with Crippen LogP contribution in [0.15, 0.2) is 24.8 Å². The van der Waals surface area contributed by atoms with E-state index in [9.17, 15) is 0 Å². The quantitative estimate of drug-likeness (QED) is 0.916. The zero-order valence-corrected chi connectivity index (χ0v) is 11.7. The van der Waals surface area contributed by atoms with Crippen LogP contribution < -0.4 is 5.32 Å². The van der Waals surface area contributed by atoms with Crippen molar-refractivity contribution in [1.29, 1.82) is 5.26 Å². The van der Waals surface area contributed by atoms with E-state index < -0.39 is 0 Å². The smallest absolute Gasteiger partial charge is 0.158 e. The Morgan fingerprint density at radius 3 is 2.95 bits per heavy atom. The third kappa shape index (κ3) is 2.85. The van der Waals surface area contributed by atoms with Crippen molar-refractivity contribution in [2.45, 2.75) is 25.0 Å². The number of aromatic nitrogens is 4. The molecule has 0 saturated carbocycles.